The van der Waals surface area contributed by atoms with E-state index in [0.717, 1.165) is 54.1 Å². The SMILES string of the molecule is CCCCCCC(C)C1CC(=O)N[C@@H](Cc2c[nH]c3ccccc23)C(=O)N[C@@H](Cc2ccccc2)C(=O)NC([C@@H](C)CC)C(=O)O1. The molecule has 9 heteroatoms. The van der Waals surface area contributed by atoms with Gasteiger partial charge in [0.1, 0.15) is 24.2 Å². The quantitative estimate of drug-likeness (QED) is 0.158. The molecule has 0 bridgehead atoms. The Bertz CT molecular complexity index is 1450. The molecule has 0 radical (unpaired) electrons. The van der Waals surface area contributed by atoms with Gasteiger partial charge in [-0.2, -0.15) is 0 Å². The highest BCUT2D eigenvalue weighted by molar-refractivity contribution is 5.95. The lowest BCUT2D eigenvalue weighted by Crippen LogP contribution is -2.57. The molecule has 1 aliphatic heterocycles. The maximum atomic E-state index is 14.0. The highest BCUT2D eigenvalue weighted by Gasteiger charge is 2.36. The van der Waals surface area contributed by atoms with Crippen molar-refractivity contribution in [1.82, 2.24) is 20.9 Å². The molecule has 0 aliphatic carbocycles. The Balaban J connectivity index is 1.68. The van der Waals surface area contributed by atoms with Crippen molar-refractivity contribution in [1.29, 1.82) is 0 Å². The highest BCUT2D eigenvalue weighted by Crippen LogP contribution is 2.23. The standard InChI is InChI=1S/C37H50N4O5/c1-5-7-8-10-15-25(4)32-22-33(42)39-31(21-27-23-38-29-19-14-13-18-28(27)29)35(43)40-30(20-26-16-11-9-12-17-26)36(44)41-34(24(3)6-2)37(45)46-32/h9,11-14,16-19,23-25,30-32,34,38H,5-8,10,15,20-22H2,1-4H3,(H,39,42)(H,40,43)(H,41,44)/t24-,25?,30-,31-,32?,34?/m0/s1. The van der Waals surface area contributed by atoms with E-state index in [1.807, 2.05) is 81.6 Å². The summed E-state index contributed by atoms with van der Waals surface area (Å²) >= 11 is 0. The molecule has 9 nitrogen and oxygen atoms in total. The lowest BCUT2D eigenvalue weighted by Gasteiger charge is -2.29. The van der Waals surface area contributed by atoms with E-state index >= 15 is 0 Å². The van der Waals surface area contributed by atoms with Gasteiger partial charge in [-0.05, 0) is 35.4 Å². The minimum atomic E-state index is -0.981. The van der Waals surface area contributed by atoms with Crippen LogP contribution in [0.2, 0.25) is 0 Å². The summed E-state index contributed by atoms with van der Waals surface area (Å²) in [4.78, 5) is 58.5. The fourth-order valence-electron chi connectivity index (χ4n) is 6.08. The van der Waals surface area contributed by atoms with Gasteiger partial charge < -0.3 is 25.7 Å². The Hall–Kier alpha value is -4.14. The third-order valence-corrected chi connectivity index (χ3v) is 9.23. The van der Waals surface area contributed by atoms with Crippen molar-refractivity contribution >= 4 is 34.6 Å². The van der Waals surface area contributed by atoms with E-state index in [-0.39, 0.29) is 37.0 Å². The van der Waals surface area contributed by atoms with Crippen molar-refractivity contribution in [2.75, 3.05) is 0 Å². The molecule has 1 aliphatic rings. The predicted octanol–water partition coefficient (Wildman–Crippen LogP) is 5.38. The Morgan fingerprint density at radius 1 is 0.783 bits per heavy atom. The summed E-state index contributed by atoms with van der Waals surface area (Å²) in [6.45, 7) is 7.99. The van der Waals surface area contributed by atoms with Crippen LogP contribution in [0.3, 0.4) is 0 Å². The van der Waals surface area contributed by atoms with Gasteiger partial charge in [-0.25, -0.2) is 4.79 Å². The first kappa shape index (κ1) is 34.7. The van der Waals surface area contributed by atoms with Crippen molar-refractivity contribution in [3.05, 3.63) is 71.9 Å². The fraction of sp³-hybridized carbons (Fsp3) is 0.514. The van der Waals surface area contributed by atoms with Gasteiger partial charge in [0, 0.05) is 29.9 Å². The smallest absolute Gasteiger partial charge is 0.329 e. The summed E-state index contributed by atoms with van der Waals surface area (Å²) in [5.74, 6) is -2.18. The number of carbonyl (C=O) groups excluding carboxylic acids is 4. The second-order valence-corrected chi connectivity index (χ2v) is 12.8. The molecule has 248 valence electrons. The molecule has 4 rings (SSSR count). The number of fused-ring (bicyclic) bond motifs is 1. The predicted molar refractivity (Wildman–Crippen MR) is 180 cm³/mol. The molecular formula is C37H50N4O5. The van der Waals surface area contributed by atoms with Crippen LogP contribution in [-0.2, 0) is 36.8 Å². The van der Waals surface area contributed by atoms with Crippen LogP contribution >= 0.6 is 0 Å². The van der Waals surface area contributed by atoms with E-state index in [4.69, 9.17) is 4.74 Å². The average molecular weight is 631 g/mol. The van der Waals surface area contributed by atoms with Gasteiger partial charge in [0.25, 0.3) is 0 Å². The molecule has 6 atom stereocenters. The van der Waals surface area contributed by atoms with Crippen LogP contribution < -0.4 is 16.0 Å². The molecule has 3 aromatic rings. The molecule has 3 amide bonds. The van der Waals surface area contributed by atoms with Crippen LogP contribution in [0.4, 0.5) is 0 Å². The molecule has 2 aromatic carbocycles. The van der Waals surface area contributed by atoms with Gasteiger partial charge in [-0.15, -0.1) is 0 Å². The van der Waals surface area contributed by atoms with E-state index in [2.05, 4.69) is 27.9 Å². The first-order valence-electron chi connectivity index (χ1n) is 16.9. The number of aromatic nitrogens is 1. The van der Waals surface area contributed by atoms with Crippen LogP contribution in [0, 0.1) is 11.8 Å². The maximum Gasteiger partial charge on any atom is 0.329 e. The number of cyclic esters (lactones) is 1. The third-order valence-electron chi connectivity index (χ3n) is 9.23. The van der Waals surface area contributed by atoms with Crippen LogP contribution in [0.15, 0.2) is 60.8 Å². The largest absolute Gasteiger partial charge is 0.460 e. The van der Waals surface area contributed by atoms with Gasteiger partial charge in [0.15, 0.2) is 0 Å². The number of ether oxygens (including phenoxy) is 1. The van der Waals surface area contributed by atoms with Crippen LogP contribution in [0.5, 0.6) is 0 Å². The minimum Gasteiger partial charge on any atom is -0.460 e. The number of amides is 3. The van der Waals surface area contributed by atoms with Crippen LogP contribution in [0.1, 0.15) is 83.8 Å². The van der Waals surface area contributed by atoms with Crippen LogP contribution in [0.25, 0.3) is 10.9 Å². The van der Waals surface area contributed by atoms with Gasteiger partial charge in [0.2, 0.25) is 17.7 Å². The molecule has 1 fully saturated rings. The van der Waals surface area contributed by atoms with Crippen molar-refractivity contribution in [2.45, 2.75) is 110 Å². The summed E-state index contributed by atoms with van der Waals surface area (Å²) in [5.41, 5.74) is 2.65. The second kappa shape index (κ2) is 17.0. The van der Waals surface area contributed by atoms with E-state index in [1.165, 1.54) is 0 Å². The fourth-order valence-corrected chi connectivity index (χ4v) is 6.08. The van der Waals surface area contributed by atoms with Crippen molar-refractivity contribution in [3.8, 4) is 0 Å². The molecule has 1 aromatic heterocycles. The van der Waals surface area contributed by atoms with Crippen LogP contribution in [-0.4, -0.2) is 52.9 Å². The maximum absolute atomic E-state index is 14.0. The number of benzene rings is 2. The number of carbonyl (C=O) groups is 4. The zero-order chi connectivity index (χ0) is 33.1. The van der Waals surface area contributed by atoms with Gasteiger partial charge in [-0.1, -0.05) is 108 Å². The van der Waals surface area contributed by atoms with Gasteiger partial charge in [0.05, 0.1) is 6.42 Å². The first-order chi connectivity index (χ1) is 22.2. The number of esters is 1. The molecule has 0 saturated carbocycles. The first-order valence-corrected chi connectivity index (χ1v) is 16.9. The molecule has 3 unspecified atom stereocenters. The average Bonchev–Trinajstić information content (AvgIpc) is 3.46. The summed E-state index contributed by atoms with van der Waals surface area (Å²) in [6, 6.07) is 14.3. The molecule has 1 saturated heterocycles. The molecule has 46 heavy (non-hydrogen) atoms. The molecule has 2 heterocycles. The summed E-state index contributed by atoms with van der Waals surface area (Å²) in [7, 11) is 0. The number of unbranched alkanes of at least 4 members (excludes halogenated alkanes) is 3. The number of hydrogen-bond acceptors (Lipinski definition) is 5. The minimum absolute atomic E-state index is 0.0764. The van der Waals surface area contributed by atoms with E-state index in [0.29, 0.717) is 6.42 Å². The monoisotopic (exact) mass is 630 g/mol. The Kier molecular flexibility index (Phi) is 12.8. The van der Waals surface area contributed by atoms with Gasteiger partial charge in [-0.3, -0.25) is 14.4 Å². The Morgan fingerprint density at radius 2 is 1.48 bits per heavy atom. The summed E-state index contributed by atoms with van der Waals surface area (Å²) in [5, 5.41) is 9.74. The van der Waals surface area contributed by atoms with Gasteiger partial charge >= 0.3 is 5.97 Å². The Labute approximate surface area is 272 Å². The Morgan fingerprint density at radius 3 is 2.22 bits per heavy atom. The van der Waals surface area contributed by atoms with E-state index < -0.39 is 42.0 Å². The lowest BCUT2D eigenvalue weighted by atomic mass is 9.93. The number of para-hydroxylation sites is 1. The number of aromatic amines is 1. The summed E-state index contributed by atoms with van der Waals surface area (Å²) in [6.07, 6.45) is 7.18. The number of H-pyrrole nitrogens is 1. The second-order valence-electron chi connectivity index (χ2n) is 12.8. The number of hydrogen-bond donors (Lipinski definition) is 4. The van der Waals surface area contributed by atoms with Crippen molar-refractivity contribution in [3.63, 3.8) is 0 Å². The molecule has 0 spiro atoms. The van der Waals surface area contributed by atoms with Crippen molar-refractivity contribution in [2.24, 2.45) is 11.8 Å². The normalized spacial score (nSPS) is 22.8. The highest BCUT2D eigenvalue weighted by atomic mass is 16.5. The van der Waals surface area contributed by atoms with E-state index in [1.54, 1.807) is 0 Å². The number of rotatable bonds is 12. The third kappa shape index (κ3) is 9.44. The van der Waals surface area contributed by atoms with Crippen molar-refractivity contribution < 1.29 is 23.9 Å². The zero-order valence-corrected chi connectivity index (χ0v) is 27.6. The lowest BCUT2D eigenvalue weighted by molar-refractivity contribution is -0.158. The van der Waals surface area contributed by atoms with E-state index in [9.17, 15) is 19.2 Å². The molecule has 4 N–H and O–H groups in total. The zero-order valence-electron chi connectivity index (χ0n) is 27.6. The molecular weight excluding hydrogens is 580 g/mol. The topological polar surface area (TPSA) is 129 Å². The number of nitrogens with one attached hydrogen (secondary N) is 4. The summed E-state index contributed by atoms with van der Waals surface area (Å²) < 4.78 is 6.09.